The molecular weight excluding hydrogens is 283 g/mol. The van der Waals surface area contributed by atoms with Gasteiger partial charge in [-0.15, -0.1) is 0 Å². The van der Waals surface area contributed by atoms with Gasteiger partial charge in [-0.2, -0.15) is 0 Å². The lowest BCUT2D eigenvalue weighted by atomic mass is 9.92. The van der Waals surface area contributed by atoms with Gasteiger partial charge in [-0.25, -0.2) is 0 Å². The molecule has 0 radical (unpaired) electrons. The molecule has 0 spiro atoms. The maximum absolute atomic E-state index is 12.5. The zero-order valence-electron chi connectivity index (χ0n) is 9.90. The molecule has 2 aromatic carbocycles. The number of hydrogen-bond donors (Lipinski definition) is 0. The van der Waals surface area contributed by atoms with Crippen molar-refractivity contribution in [3.63, 3.8) is 0 Å². The molecule has 0 saturated heterocycles. The van der Waals surface area contributed by atoms with E-state index in [1.807, 2.05) is 24.3 Å². The maximum Gasteiger partial charge on any atom is 0.173 e. The first-order chi connectivity index (χ1) is 9.16. The Balaban J connectivity index is 1.95. The first-order valence-corrected chi connectivity index (χ1v) is 6.63. The van der Waals surface area contributed by atoms with Crippen molar-refractivity contribution >= 4 is 29.0 Å². The van der Waals surface area contributed by atoms with Gasteiger partial charge in [0.2, 0.25) is 0 Å². The van der Waals surface area contributed by atoms with Crippen LogP contribution in [0.25, 0.3) is 0 Å². The van der Waals surface area contributed by atoms with Crippen molar-refractivity contribution in [2.45, 2.75) is 5.92 Å². The summed E-state index contributed by atoms with van der Waals surface area (Å²) in [5, 5.41) is 0.834. The maximum atomic E-state index is 12.5. The van der Waals surface area contributed by atoms with Gasteiger partial charge in [-0.1, -0.05) is 41.4 Å². The van der Waals surface area contributed by atoms with Crippen LogP contribution in [0.3, 0.4) is 0 Å². The lowest BCUT2D eigenvalue weighted by Crippen LogP contribution is -2.14. The normalized spacial score (nSPS) is 16.8. The number of carbonyl (C=O) groups excluding carboxylic acids is 1. The van der Waals surface area contributed by atoms with Crippen molar-refractivity contribution < 1.29 is 9.53 Å². The summed E-state index contributed by atoms with van der Waals surface area (Å²) < 4.78 is 5.53. The summed E-state index contributed by atoms with van der Waals surface area (Å²) in [5.74, 6) is 0.512. The van der Waals surface area contributed by atoms with E-state index in [1.54, 1.807) is 18.2 Å². The highest BCUT2D eigenvalue weighted by Crippen LogP contribution is 2.36. The molecule has 0 N–H and O–H groups in total. The molecule has 1 atom stereocenters. The van der Waals surface area contributed by atoms with Crippen LogP contribution in [0.4, 0.5) is 0 Å². The Morgan fingerprint density at radius 3 is 2.68 bits per heavy atom. The fraction of sp³-hybridized carbons (Fsp3) is 0.133. The molecule has 19 heavy (non-hydrogen) atoms. The highest BCUT2D eigenvalue weighted by Gasteiger charge is 2.30. The van der Waals surface area contributed by atoms with Crippen LogP contribution in [0.2, 0.25) is 10.0 Å². The minimum atomic E-state index is -0.270. The Morgan fingerprint density at radius 2 is 1.89 bits per heavy atom. The number of fused-ring (bicyclic) bond motifs is 1. The van der Waals surface area contributed by atoms with Gasteiger partial charge in [-0.05, 0) is 24.3 Å². The van der Waals surface area contributed by atoms with Gasteiger partial charge >= 0.3 is 0 Å². The number of Topliss-reactive ketones (excluding diaryl/α,β-unsaturated/α-hetero) is 1. The van der Waals surface area contributed by atoms with Crippen LogP contribution in [0.1, 0.15) is 21.8 Å². The number of benzene rings is 2. The summed E-state index contributed by atoms with van der Waals surface area (Å²) in [6.07, 6.45) is 0. The Bertz CT molecular complexity index is 652. The molecule has 0 aliphatic carbocycles. The first kappa shape index (κ1) is 12.5. The standard InChI is InChI=1S/C15H10Cl2O2/c16-12-6-5-9(7-13(12)17)15(18)11-8-19-14-4-2-1-3-10(11)14/h1-7,11H,8H2. The minimum absolute atomic E-state index is 0.00326. The number of hydrogen-bond acceptors (Lipinski definition) is 2. The van der Waals surface area contributed by atoms with Crippen molar-refractivity contribution in [3.05, 3.63) is 63.6 Å². The zero-order valence-corrected chi connectivity index (χ0v) is 11.4. The third-order valence-corrected chi connectivity index (χ3v) is 3.96. The molecule has 0 bridgehead atoms. The van der Waals surface area contributed by atoms with Crippen molar-refractivity contribution in [1.29, 1.82) is 0 Å². The van der Waals surface area contributed by atoms with Gasteiger partial charge in [0.15, 0.2) is 5.78 Å². The van der Waals surface area contributed by atoms with Gasteiger partial charge in [0, 0.05) is 11.1 Å². The van der Waals surface area contributed by atoms with E-state index in [0.29, 0.717) is 22.2 Å². The Hall–Kier alpha value is -1.51. The molecule has 0 saturated carbocycles. The third-order valence-electron chi connectivity index (χ3n) is 3.22. The highest BCUT2D eigenvalue weighted by atomic mass is 35.5. The van der Waals surface area contributed by atoms with Crippen molar-refractivity contribution in [2.75, 3.05) is 6.61 Å². The number of rotatable bonds is 2. The van der Waals surface area contributed by atoms with E-state index in [1.165, 1.54) is 0 Å². The first-order valence-electron chi connectivity index (χ1n) is 5.88. The van der Waals surface area contributed by atoms with Gasteiger partial charge in [0.1, 0.15) is 12.4 Å². The van der Waals surface area contributed by atoms with E-state index in [2.05, 4.69) is 0 Å². The Morgan fingerprint density at radius 1 is 1.11 bits per heavy atom. The second-order valence-corrected chi connectivity index (χ2v) is 5.21. The second-order valence-electron chi connectivity index (χ2n) is 4.39. The summed E-state index contributed by atoms with van der Waals surface area (Å²) in [7, 11) is 0. The van der Waals surface area contributed by atoms with Crippen LogP contribution in [-0.4, -0.2) is 12.4 Å². The summed E-state index contributed by atoms with van der Waals surface area (Å²) in [6, 6.07) is 12.5. The summed E-state index contributed by atoms with van der Waals surface area (Å²) in [6.45, 7) is 0.373. The second kappa shape index (κ2) is 4.87. The van der Waals surface area contributed by atoms with Crippen LogP contribution in [0.5, 0.6) is 5.75 Å². The molecule has 0 aromatic heterocycles. The molecule has 2 nitrogen and oxygen atoms in total. The Labute approximate surface area is 120 Å². The smallest absolute Gasteiger partial charge is 0.173 e. The monoisotopic (exact) mass is 292 g/mol. The van der Waals surface area contributed by atoms with Gasteiger partial charge in [-0.3, -0.25) is 4.79 Å². The molecule has 3 rings (SSSR count). The van der Waals surface area contributed by atoms with Gasteiger partial charge in [0.25, 0.3) is 0 Å². The SMILES string of the molecule is O=C(c1ccc(Cl)c(Cl)c1)C1COc2ccccc21. The molecule has 2 aromatic rings. The minimum Gasteiger partial charge on any atom is -0.492 e. The Kier molecular flexibility index (Phi) is 3.21. The molecule has 0 amide bonds. The number of ketones is 1. The van der Waals surface area contributed by atoms with E-state index < -0.39 is 0 Å². The van der Waals surface area contributed by atoms with Crippen molar-refractivity contribution in [1.82, 2.24) is 0 Å². The van der Waals surface area contributed by atoms with E-state index in [9.17, 15) is 4.79 Å². The molecule has 1 aliphatic heterocycles. The molecule has 1 heterocycles. The molecule has 96 valence electrons. The van der Waals surface area contributed by atoms with Crippen LogP contribution in [-0.2, 0) is 0 Å². The van der Waals surface area contributed by atoms with E-state index in [0.717, 1.165) is 11.3 Å². The van der Waals surface area contributed by atoms with Crippen molar-refractivity contribution in [3.8, 4) is 5.75 Å². The summed E-state index contributed by atoms with van der Waals surface area (Å²) >= 11 is 11.8. The quantitative estimate of drug-likeness (QED) is 0.769. The number of para-hydroxylation sites is 1. The van der Waals surface area contributed by atoms with Gasteiger partial charge in [0.05, 0.1) is 16.0 Å². The lowest BCUT2D eigenvalue weighted by Gasteiger charge is -2.08. The fourth-order valence-electron chi connectivity index (χ4n) is 2.23. The predicted octanol–water partition coefficient (Wildman–Crippen LogP) is 4.35. The van der Waals surface area contributed by atoms with Crippen LogP contribution < -0.4 is 4.74 Å². The average Bonchev–Trinajstić information content (AvgIpc) is 2.85. The molecule has 4 heteroatoms. The number of ether oxygens (including phenoxy) is 1. The fourth-order valence-corrected chi connectivity index (χ4v) is 2.53. The van der Waals surface area contributed by atoms with E-state index in [4.69, 9.17) is 27.9 Å². The van der Waals surface area contributed by atoms with E-state index in [-0.39, 0.29) is 11.7 Å². The molecule has 1 unspecified atom stereocenters. The average molecular weight is 293 g/mol. The van der Waals surface area contributed by atoms with E-state index >= 15 is 0 Å². The third kappa shape index (κ3) is 2.22. The molecule has 1 aliphatic rings. The predicted molar refractivity (Wildman–Crippen MR) is 75.5 cm³/mol. The van der Waals surface area contributed by atoms with Gasteiger partial charge < -0.3 is 4.74 Å². The molecular formula is C15H10Cl2O2. The highest BCUT2D eigenvalue weighted by molar-refractivity contribution is 6.42. The largest absolute Gasteiger partial charge is 0.492 e. The lowest BCUT2D eigenvalue weighted by molar-refractivity contribution is 0.0947. The van der Waals surface area contributed by atoms with Crippen LogP contribution >= 0.6 is 23.2 Å². The van der Waals surface area contributed by atoms with Crippen LogP contribution in [0, 0.1) is 0 Å². The number of carbonyl (C=O) groups is 1. The summed E-state index contributed by atoms with van der Waals surface area (Å²) in [5.41, 5.74) is 1.48. The number of halogens is 2. The molecule has 0 fully saturated rings. The zero-order chi connectivity index (χ0) is 13.4. The van der Waals surface area contributed by atoms with Crippen molar-refractivity contribution in [2.24, 2.45) is 0 Å². The summed E-state index contributed by atoms with van der Waals surface area (Å²) in [4.78, 5) is 12.5. The van der Waals surface area contributed by atoms with Crippen LogP contribution in [0.15, 0.2) is 42.5 Å². The topological polar surface area (TPSA) is 26.3 Å².